The van der Waals surface area contributed by atoms with Gasteiger partial charge in [0.15, 0.2) is 12.4 Å². The normalized spacial score (nSPS) is 10.5. The molecular formula is C16H11BrClFN4O2. The van der Waals surface area contributed by atoms with Crippen LogP contribution < -0.4 is 10.1 Å². The van der Waals surface area contributed by atoms with Crippen LogP contribution in [0.4, 0.5) is 10.2 Å². The second kappa shape index (κ2) is 7.62. The first kappa shape index (κ1) is 17.4. The van der Waals surface area contributed by atoms with Crippen molar-refractivity contribution in [3.05, 3.63) is 69.8 Å². The van der Waals surface area contributed by atoms with Crippen LogP contribution in [-0.2, 0) is 6.73 Å². The zero-order valence-corrected chi connectivity index (χ0v) is 15.0. The number of anilines is 1. The predicted molar refractivity (Wildman–Crippen MR) is 94.2 cm³/mol. The molecule has 1 amide bonds. The lowest BCUT2D eigenvalue weighted by Crippen LogP contribution is -2.15. The summed E-state index contributed by atoms with van der Waals surface area (Å²) in [5.74, 6) is -0.0982. The molecule has 1 aromatic carbocycles. The van der Waals surface area contributed by atoms with Crippen molar-refractivity contribution < 1.29 is 13.9 Å². The minimum Gasteiger partial charge on any atom is -0.471 e. The quantitative estimate of drug-likeness (QED) is 0.667. The van der Waals surface area contributed by atoms with Crippen LogP contribution >= 0.6 is 27.5 Å². The van der Waals surface area contributed by atoms with E-state index in [9.17, 15) is 9.18 Å². The topological polar surface area (TPSA) is 69.0 Å². The van der Waals surface area contributed by atoms with E-state index >= 15 is 0 Å². The van der Waals surface area contributed by atoms with Crippen molar-refractivity contribution in [3.63, 3.8) is 0 Å². The average Bonchev–Trinajstić information content (AvgIpc) is 3.07. The summed E-state index contributed by atoms with van der Waals surface area (Å²) >= 11 is 8.96. The second-order valence-electron chi connectivity index (χ2n) is 4.91. The van der Waals surface area contributed by atoms with Crippen molar-refractivity contribution in [2.45, 2.75) is 6.73 Å². The molecule has 0 aliphatic heterocycles. The summed E-state index contributed by atoms with van der Waals surface area (Å²) in [5, 5.41) is 6.73. The Balaban J connectivity index is 1.60. The van der Waals surface area contributed by atoms with Crippen LogP contribution in [0.3, 0.4) is 0 Å². The molecule has 0 aliphatic carbocycles. The highest BCUT2D eigenvalue weighted by atomic mass is 79.9. The zero-order valence-electron chi connectivity index (χ0n) is 12.6. The van der Waals surface area contributed by atoms with Crippen molar-refractivity contribution in [3.8, 4) is 5.75 Å². The van der Waals surface area contributed by atoms with Crippen molar-refractivity contribution >= 4 is 39.3 Å². The average molecular weight is 426 g/mol. The number of pyridine rings is 1. The van der Waals surface area contributed by atoms with Crippen LogP contribution in [0.1, 0.15) is 10.5 Å². The van der Waals surface area contributed by atoms with Gasteiger partial charge < -0.3 is 10.1 Å². The van der Waals surface area contributed by atoms with Crippen molar-refractivity contribution in [2.24, 2.45) is 0 Å². The highest BCUT2D eigenvalue weighted by Crippen LogP contribution is 2.21. The standard InChI is InChI=1S/C16H11BrClFN4O2/c17-10-1-4-15(20-8-10)21-16(24)14-5-6-23(22-14)9-25-11-2-3-13(19)12(18)7-11/h1-8H,9H2,(H,20,21,24). The Kier molecular flexibility index (Phi) is 5.30. The number of amides is 1. The number of rotatable bonds is 5. The molecule has 0 fully saturated rings. The number of benzene rings is 1. The van der Waals surface area contributed by atoms with Gasteiger partial charge in [-0.05, 0) is 46.3 Å². The Morgan fingerprint density at radius 3 is 2.88 bits per heavy atom. The molecule has 0 unspecified atom stereocenters. The molecule has 1 N–H and O–H groups in total. The molecule has 3 rings (SSSR count). The van der Waals surface area contributed by atoms with Crippen LogP contribution in [-0.4, -0.2) is 20.7 Å². The molecule has 0 saturated heterocycles. The third-order valence-electron chi connectivity index (χ3n) is 3.10. The Morgan fingerprint density at radius 1 is 1.32 bits per heavy atom. The molecule has 0 bridgehead atoms. The monoisotopic (exact) mass is 424 g/mol. The molecule has 2 heterocycles. The minimum atomic E-state index is -0.520. The highest BCUT2D eigenvalue weighted by molar-refractivity contribution is 9.10. The molecular weight excluding hydrogens is 415 g/mol. The maximum absolute atomic E-state index is 13.1. The Hall–Kier alpha value is -2.45. The molecule has 0 atom stereocenters. The summed E-state index contributed by atoms with van der Waals surface area (Å²) in [6.07, 6.45) is 3.17. The van der Waals surface area contributed by atoms with Gasteiger partial charge in [0.05, 0.1) is 5.02 Å². The zero-order chi connectivity index (χ0) is 17.8. The third kappa shape index (κ3) is 4.55. The largest absolute Gasteiger partial charge is 0.471 e. The van der Waals surface area contributed by atoms with E-state index in [0.717, 1.165) is 4.47 Å². The van der Waals surface area contributed by atoms with Gasteiger partial charge in [0.2, 0.25) is 0 Å². The van der Waals surface area contributed by atoms with Gasteiger partial charge in [-0.1, -0.05) is 11.6 Å². The van der Waals surface area contributed by atoms with Crippen molar-refractivity contribution in [2.75, 3.05) is 5.32 Å². The summed E-state index contributed by atoms with van der Waals surface area (Å²) in [7, 11) is 0. The smallest absolute Gasteiger partial charge is 0.277 e. The first-order valence-electron chi connectivity index (χ1n) is 7.05. The maximum Gasteiger partial charge on any atom is 0.277 e. The van der Waals surface area contributed by atoms with Gasteiger partial charge in [-0.2, -0.15) is 5.10 Å². The van der Waals surface area contributed by atoms with Crippen molar-refractivity contribution in [1.29, 1.82) is 0 Å². The lowest BCUT2D eigenvalue weighted by Gasteiger charge is -2.06. The summed E-state index contributed by atoms with van der Waals surface area (Å²) in [6, 6.07) is 9.02. The molecule has 0 saturated carbocycles. The van der Waals surface area contributed by atoms with E-state index in [-0.39, 0.29) is 17.4 Å². The fraction of sp³-hybridized carbons (Fsp3) is 0.0625. The number of nitrogens with zero attached hydrogens (tertiary/aromatic N) is 3. The van der Waals surface area contributed by atoms with E-state index in [4.69, 9.17) is 16.3 Å². The van der Waals surface area contributed by atoms with Crippen LogP contribution in [0, 0.1) is 5.82 Å². The number of hydrogen-bond acceptors (Lipinski definition) is 4. The predicted octanol–water partition coefficient (Wildman–Crippen LogP) is 4.12. The molecule has 0 radical (unpaired) electrons. The summed E-state index contributed by atoms with van der Waals surface area (Å²) < 4.78 is 20.8. The molecule has 6 nitrogen and oxygen atoms in total. The van der Waals surface area contributed by atoms with Crippen LogP contribution in [0.25, 0.3) is 0 Å². The molecule has 128 valence electrons. The van der Waals surface area contributed by atoms with Gasteiger partial charge >= 0.3 is 0 Å². The molecule has 0 aliphatic rings. The lowest BCUT2D eigenvalue weighted by molar-refractivity contribution is 0.102. The van der Waals surface area contributed by atoms with Gasteiger partial charge in [0.25, 0.3) is 5.91 Å². The van der Waals surface area contributed by atoms with Gasteiger partial charge in [0.1, 0.15) is 17.4 Å². The van der Waals surface area contributed by atoms with E-state index in [2.05, 4.69) is 31.3 Å². The lowest BCUT2D eigenvalue weighted by atomic mass is 10.3. The van der Waals surface area contributed by atoms with E-state index in [1.165, 1.54) is 22.9 Å². The number of ether oxygens (including phenoxy) is 1. The second-order valence-corrected chi connectivity index (χ2v) is 6.23. The van der Waals surface area contributed by atoms with E-state index in [0.29, 0.717) is 11.6 Å². The molecule has 9 heteroatoms. The summed E-state index contributed by atoms with van der Waals surface area (Å²) in [4.78, 5) is 16.2. The molecule has 0 spiro atoms. The number of carbonyl (C=O) groups excluding carboxylic acids is 1. The van der Waals surface area contributed by atoms with Gasteiger partial charge in [-0.3, -0.25) is 4.79 Å². The minimum absolute atomic E-state index is 0.0278. The number of halogens is 3. The Bertz CT molecular complexity index is 901. The van der Waals surface area contributed by atoms with Crippen LogP contribution in [0.5, 0.6) is 5.75 Å². The van der Waals surface area contributed by atoms with E-state index in [1.807, 2.05) is 0 Å². The van der Waals surface area contributed by atoms with E-state index < -0.39 is 11.7 Å². The molecule has 2 aromatic heterocycles. The first-order valence-corrected chi connectivity index (χ1v) is 8.22. The Morgan fingerprint density at radius 2 is 2.16 bits per heavy atom. The van der Waals surface area contributed by atoms with Gasteiger partial charge in [0, 0.05) is 22.9 Å². The number of carbonyl (C=O) groups is 1. The van der Waals surface area contributed by atoms with Crippen molar-refractivity contribution in [1.82, 2.24) is 14.8 Å². The Labute approximate surface area is 155 Å². The first-order chi connectivity index (χ1) is 12.0. The SMILES string of the molecule is O=C(Nc1ccc(Br)cn1)c1ccn(COc2ccc(F)c(Cl)c2)n1. The van der Waals surface area contributed by atoms with E-state index in [1.54, 1.807) is 30.6 Å². The highest BCUT2D eigenvalue weighted by Gasteiger charge is 2.11. The summed E-state index contributed by atoms with van der Waals surface area (Å²) in [6.45, 7) is 0.0474. The number of aromatic nitrogens is 3. The fourth-order valence-electron chi connectivity index (χ4n) is 1.89. The van der Waals surface area contributed by atoms with Crippen LogP contribution in [0.2, 0.25) is 5.02 Å². The summed E-state index contributed by atoms with van der Waals surface area (Å²) in [5.41, 5.74) is 0.213. The van der Waals surface area contributed by atoms with Gasteiger partial charge in [-0.25, -0.2) is 14.1 Å². The number of hydrogen-bond donors (Lipinski definition) is 1. The fourth-order valence-corrected chi connectivity index (χ4v) is 2.30. The van der Waals surface area contributed by atoms with Gasteiger partial charge in [-0.15, -0.1) is 0 Å². The molecule has 25 heavy (non-hydrogen) atoms. The maximum atomic E-state index is 13.1. The number of nitrogens with one attached hydrogen (secondary N) is 1. The third-order valence-corrected chi connectivity index (χ3v) is 3.86. The van der Waals surface area contributed by atoms with Crippen LogP contribution in [0.15, 0.2) is 53.3 Å². The molecule has 3 aromatic rings.